The third-order valence-corrected chi connectivity index (χ3v) is 7.52. The molecule has 0 aliphatic carbocycles. The summed E-state index contributed by atoms with van der Waals surface area (Å²) in [5.41, 5.74) is 4.79. The van der Waals surface area contributed by atoms with Crippen molar-refractivity contribution >= 4 is 39.9 Å². The number of rotatable bonds is 13. The number of aromatic nitrogens is 3. The van der Waals surface area contributed by atoms with Crippen molar-refractivity contribution in [1.29, 1.82) is 0 Å². The first-order valence-electron chi connectivity index (χ1n) is 15.8. The summed E-state index contributed by atoms with van der Waals surface area (Å²) in [5.74, 6) is 0.996. The zero-order chi connectivity index (χ0) is 34.1. The highest BCUT2D eigenvalue weighted by Gasteiger charge is 2.22. The Bertz CT molecular complexity index is 1860. The summed E-state index contributed by atoms with van der Waals surface area (Å²) in [6, 6.07) is 22.8. The normalized spacial score (nSPS) is 11.4. The van der Waals surface area contributed by atoms with Crippen LogP contribution in [0.2, 0.25) is 0 Å². The SMILES string of the molecule is COCCOCC(=O)Nc1cncc(CCOc2ccc(NC(=O)Nc3cc(C(C)(C)C)nn3-c3ccc(C)cc3)c3ccccc23)c1. The number of pyridine rings is 1. The molecule has 5 aromatic rings. The lowest BCUT2D eigenvalue weighted by Gasteiger charge is -2.14. The molecule has 5 rings (SSSR count). The van der Waals surface area contributed by atoms with E-state index in [0.29, 0.717) is 49.2 Å². The van der Waals surface area contributed by atoms with Gasteiger partial charge in [-0.25, -0.2) is 9.48 Å². The van der Waals surface area contributed by atoms with E-state index < -0.39 is 0 Å². The van der Waals surface area contributed by atoms with Crippen LogP contribution in [0.15, 0.2) is 85.2 Å². The van der Waals surface area contributed by atoms with Crippen molar-refractivity contribution in [2.45, 2.75) is 39.5 Å². The number of carbonyl (C=O) groups is 2. The number of nitrogens with zero attached hydrogens (tertiary/aromatic N) is 3. The van der Waals surface area contributed by atoms with E-state index in [-0.39, 0.29) is 24.0 Å². The Kier molecular flexibility index (Phi) is 11.0. The highest BCUT2D eigenvalue weighted by Crippen LogP contribution is 2.32. The Morgan fingerprint density at radius 2 is 1.62 bits per heavy atom. The molecule has 11 heteroatoms. The minimum absolute atomic E-state index is 0.0629. The molecule has 0 spiro atoms. The van der Waals surface area contributed by atoms with Gasteiger partial charge in [0.05, 0.1) is 48.8 Å². The van der Waals surface area contributed by atoms with Crippen LogP contribution in [-0.4, -0.2) is 60.2 Å². The van der Waals surface area contributed by atoms with Crippen LogP contribution in [0, 0.1) is 6.92 Å². The zero-order valence-electron chi connectivity index (χ0n) is 28.0. The van der Waals surface area contributed by atoms with Gasteiger partial charge in [0.1, 0.15) is 18.2 Å². The number of urea groups is 1. The van der Waals surface area contributed by atoms with Crippen LogP contribution in [0.4, 0.5) is 22.0 Å². The van der Waals surface area contributed by atoms with Gasteiger partial charge in [-0.2, -0.15) is 5.10 Å². The molecule has 0 atom stereocenters. The van der Waals surface area contributed by atoms with E-state index in [2.05, 4.69) is 41.7 Å². The second-order valence-electron chi connectivity index (χ2n) is 12.4. The van der Waals surface area contributed by atoms with E-state index in [1.54, 1.807) is 24.2 Å². The molecule has 11 nitrogen and oxygen atoms in total. The Labute approximate surface area is 280 Å². The molecular weight excluding hydrogens is 608 g/mol. The zero-order valence-corrected chi connectivity index (χ0v) is 28.0. The maximum absolute atomic E-state index is 13.4. The average Bonchev–Trinajstić information content (AvgIpc) is 3.49. The van der Waals surface area contributed by atoms with Crippen LogP contribution in [0.25, 0.3) is 16.5 Å². The molecule has 250 valence electrons. The summed E-state index contributed by atoms with van der Waals surface area (Å²) in [7, 11) is 1.58. The van der Waals surface area contributed by atoms with Crippen molar-refractivity contribution in [2.75, 3.05) is 49.5 Å². The molecular formula is C37H42N6O5. The monoisotopic (exact) mass is 650 g/mol. The van der Waals surface area contributed by atoms with Gasteiger partial charge in [0.15, 0.2) is 0 Å². The Morgan fingerprint density at radius 1 is 0.854 bits per heavy atom. The number of aryl methyl sites for hydroxylation is 1. The summed E-state index contributed by atoms with van der Waals surface area (Å²) in [5, 5.41) is 15.3. The molecule has 0 fully saturated rings. The van der Waals surface area contributed by atoms with E-state index in [9.17, 15) is 9.59 Å². The Morgan fingerprint density at radius 3 is 2.38 bits per heavy atom. The maximum Gasteiger partial charge on any atom is 0.324 e. The summed E-state index contributed by atoms with van der Waals surface area (Å²) < 4.78 is 18.1. The van der Waals surface area contributed by atoms with Crippen LogP contribution in [0.5, 0.6) is 5.75 Å². The van der Waals surface area contributed by atoms with Gasteiger partial charge in [-0.05, 0) is 42.8 Å². The topological polar surface area (TPSA) is 129 Å². The van der Waals surface area contributed by atoms with Gasteiger partial charge in [-0.3, -0.25) is 15.1 Å². The van der Waals surface area contributed by atoms with Crippen molar-refractivity contribution in [1.82, 2.24) is 14.8 Å². The van der Waals surface area contributed by atoms with Crippen molar-refractivity contribution < 1.29 is 23.8 Å². The van der Waals surface area contributed by atoms with Gasteiger partial charge in [0, 0.05) is 42.0 Å². The number of amides is 3. The number of carbonyl (C=O) groups excluding carboxylic acids is 2. The molecule has 0 aliphatic rings. The number of hydrogen-bond acceptors (Lipinski definition) is 7. The maximum atomic E-state index is 13.4. The summed E-state index contributed by atoms with van der Waals surface area (Å²) in [6.07, 6.45) is 3.91. The lowest BCUT2D eigenvalue weighted by molar-refractivity contribution is -0.121. The molecule has 0 saturated heterocycles. The molecule has 3 amide bonds. The molecule has 2 aromatic heterocycles. The molecule has 0 radical (unpaired) electrons. The highest BCUT2D eigenvalue weighted by atomic mass is 16.5. The second-order valence-corrected chi connectivity index (χ2v) is 12.4. The molecule has 48 heavy (non-hydrogen) atoms. The minimum Gasteiger partial charge on any atom is -0.493 e. The van der Waals surface area contributed by atoms with Crippen LogP contribution < -0.4 is 20.7 Å². The number of anilines is 3. The van der Waals surface area contributed by atoms with Crippen LogP contribution in [0.3, 0.4) is 0 Å². The molecule has 0 bridgehead atoms. The number of nitrogens with one attached hydrogen (secondary N) is 3. The summed E-state index contributed by atoms with van der Waals surface area (Å²) >= 11 is 0. The number of ether oxygens (including phenoxy) is 3. The van der Waals surface area contributed by atoms with Gasteiger partial charge in [0.2, 0.25) is 5.91 Å². The lowest BCUT2D eigenvalue weighted by atomic mass is 9.92. The number of hydrogen-bond donors (Lipinski definition) is 3. The molecule has 0 unspecified atom stereocenters. The third-order valence-electron chi connectivity index (χ3n) is 7.52. The smallest absolute Gasteiger partial charge is 0.324 e. The van der Waals surface area contributed by atoms with E-state index in [1.807, 2.05) is 79.7 Å². The van der Waals surface area contributed by atoms with Crippen LogP contribution in [-0.2, 0) is 26.1 Å². The van der Waals surface area contributed by atoms with Gasteiger partial charge in [0.25, 0.3) is 0 Å². The molecule has 3 aromatic carbocycles. The third kappa shape index (κ3) is 8.96. The molecule has 3 N–H and O–H groups in total. The number of fused-ring (bicyclic) bond motifs is 1. The Hall–Kier alpha value is -5.26. The van der Waals surface area contributed by atoms with Crippen LogP contribution in [0.1, 0.15) is 37.6 Å². The quantitative estimate of drug-likeness (QED) is 0.118. The van der Waals surface area contributed by atoms with Gasteiger partial charge in [-0.1, -0.05) is 62.7 Å². The van der Waals surface area contributed by atoms with Crippen molar-refractivity contribution in [3.8, 4) is 11.4 Å². The average molecular weight is 651 g/mol. The summed E-state index contributed by atoms with van der Waals surface area (Å²) in [6.45, 7) is 9.39. The lowest BCUT2D eigenvalue weighted by Crippen LogP contribution is -2.21. The largest absolute Gasteiger partial charge is 0.493 e. The first-order chi connectivity index (χ1) is 23.1. The predicted octanol–water partition coefficient (Wildman–Crippen LogP) is 6.89. The highest BCUT2D eigenvalue weighted by molar-refractivity contribution is 6.07. The second kappa shape index (κ2) is 15.6. The van der Waals surface area contributed by atoms with Crippen molar-refractivity contribution in [2.24, 2.45) is 0 Å². The molecule has 0 aliphatic heterocycles. The van der Waals surface area contributed by atoms with E-state index >= 15 is 0 Å². The number of methoxy groups -OCH3 is 1. The van der Waals surface area contributed by atoms with Gasteiger partial charge < -0.3 is 24.8 Å². The standard InChI is InChI=1S/C37H42N6O5/c1-25-10-12-28(13-11-25)43-34(21-33(42-43)37(2,3)4)41-36(45)40-31-14-15-32(30-9-7-6-8-29(30)31)48-17-16-26-20-27(23-38-22-26)39-35(44)24-47-19-18-46-5/h6-15,20-23H,16-19,24H2,1-5H3,(H,39,44)(H2,40,41,45). The molecule has 2 heterocycles. The number of benzene rings is 3. The summed E-state index contributed by atoms with van der Waals surface area (Å²) in [4.78, 5) is 29.8. The van der Waals surface area contributed by atoms with Gasteiger partial charge >= 0.3 is 6.03 Å². The van der Waals surface area contributed by atoms with E-state index in [0.717, 1.165) is 33.3 Å². The fourth-order valence-corrected chi connectivity index (χ4v) is 4.97. The predicted molar refractivity (Wildman–Crippen MR) is 188 cm³/mol. The minimum atomic E-state index is -0.386. The van der Waals surface area contributed by atoms with Crippen LogP contribution >= 0.6 is 0 Å². The first kappa shape index (κ1) is 34.1. The fourth-order valence-electron chi connectivity index (χ4n) is 4.97. The van der Waals surface area contributed by atoms with E-state index in [1.165, 1.54) is 0 Å². The first-order valence-corrected chi connectivity index (χ1v) is 15.8. The Balaban J connectivity index is 1.24. The van der Waals surface area contributed by atoms with E-state index in [4.69, 9.17) is 19.3 Å². The fraction of sp³-hybridized carbons (Fsp3) is 0.297. The molecule has 0 saturated carbocycles. The van der Waals surface area contributed by atoms with Crippen molar-refractivity contribution in [3.63, 3.8) is 0 Å². The van der Waals surface area contributed by atoms with Gasteiger partial charge in [-0.15, -0.1) is 0 Å². The van der Waals surface area contributed by atoms with Crippen molar-refractivity contribution in [3.05, 3.63) is 102 Å².